The largest absolute Gasteiger partial charge is 0.497 e. The molecule has 1 saturated carbocycles. The highest BCUT2D eigenvalue weighted by molar-refractivity contribution is 5.73. The highest BCUT2D eigenvalue weighted by atomic mass is 16.5. The molecule has 7 heteroatoms. The van der Waals surface area contributed by atoms with E-state index in [4.69, 9.17) is 15.2 Å². The van der Waals surface area contributed by atoms with E-state index in [2.05, 4.69) is 15.5 Å². The summed E-state index contributed by atoms with van der Waals surface area (Å²) in [7, 11) is 1.62. The molecule has 0 unspecified atom stereocenters. The molecule has 0 atom stereocenters. The lowest BCUT2D eigenvalue weighted by Gasteiger charge is -2.34. The number of anilines is 1. The molecule has 7 nitrogen and oxygen atoms in total. The first-order valence-electron chi connectivity index (χ1n) is 7.06. The average molecular weight is 289 g/mol. The van der Waals surface area contributed by atoms with Crippen LogP contribution in [0.5, 0.6) is 5.75 Å². The van der Waals surface area contributed by atoms with Crippen LogP contribution < -0.4 is 10.5 Å². The molecule has 3 rings (SSSR count). The summed E-state index contributed by atoms with van der Waals surface area (Å²) in [5, 5.41) is 12.0. The van der Waals surface area contributed by atoms with Crippen LogP contribution in [0, 0.1) is 0 Å². The van der Waals surface area contributed by atoms with Gasteiger partial charge in [0.1, 0.15) is 5.75 Å². The molecule has 21 heavy (non-hydrogen) atoms. The Labute approximate surface area is 123 Å². The summed E-state index contributed by atoms with van der Waals surface area (Å²) in [4.78, 5) is 0. The lowest BCUT2D eigenvalue weighted by molar-refractivity contribution is -0.0227. The van der Waals surface area contributed by atoms with Gasteiger partial charge >= 0.3 is 0 Å². The summed E-state index contributed by atoms with van der Waals surface area (Å²) in [5.41, 5.74) is 7.47. The van der Waals surface area contributed by atoms with E-state index < -0.39 is 0 Å². The minimum Gasteiger partial charge on any atom is -0.497 e. The second-order valence-electron chi connectivity index (χ2n) is 5.10. The van der Waals surface area contributed by atoms with Crippen LogP contribution in [0.1, 0.15) is 25.8 Å². The summed E-state index contributed by atoms with van der Waals surface area (Å²) >= 11 is 0. The molecular formula is C14H19N5O2. The molecule has 0 spiro atoms. The van der Waals surface area contributed by atoms with Crippen molar-refractivity contribution in [1.29, 1.82) is 0 Å². The SMILES string of the molecule is CCOC1CC(n2nnnc2-c2cc(OC)ccc2N)C1. The van der Waals surface area contributed by atoms with Crippen LogP contribution in [0.25, 0.3) is 11.4 Å². The molecule has 112 valence electrons. The number of aromatic nitrogens is 4. The number of benzene rings is 1. The first kappa shape index (κ1) is 13.8. The maximum Gasteiger partial charge on any atom is 0.184 e. The van der Waals surface area contributed by atoms with Gasteiger partial charge in [-0.15, -0.1) is 5.10 Å². The Morgan fingerprint density at radius 3 is 2.90 bits per heavy atom. The Hall–Kier alpha value is -2.15. The molecule has 1 heterocycles. The van der Waals surface area contributed by atoms with Crippen LogP contribution in [0.4, 0.5) is 5.69 Å². The molecule has 2 N–H and O–H groups in total. The second kappa shape index (κ2) is 5.69. The number of hydrogen-bond donors (Lipinski definition) is 1. The fourth-order valence-corrected chi connectivity index (χ4v) is 2.58. The summed E-state index contributed by atoms with van der Waals surface area (Å²) < 4.78 is 12.7. The van der Waals surface area contributed by atoms with Crippen molar-refractivity contribution >= 4 is 5.69 Å². The minimum absolute atomic E-state index is 0.261. The van der Waals surface area contributed by atoms with Crippen molar-refractivity contribution in [2.75, 3.05) is 19.5 Å². The zero-order chi connectivity index (χ0) is 14.8. The summed E-state index contributed by atoms with van der Waals surface area (Å²) in [5.74, 6) is 1.40. The lowest BCUT2D eigenvalue weighted by Crippen LogP contribution is -2.34. The van der Waals surface area contributed by atoms with Crippen molar-refractivity contribution < 1.29 is 9.47 Å². The van der Waals surface area contributed by atoms with E-state index in [9.17, 15) is 0 Å². The van der Waals surface area contributed by atoms with E-state index in [1.807, 2.05) is 23.7 Å². The quantitative estimate of drug-likeness (QED) is 0.842. The van der Waals surface area contributed by atoms with E-state index in [0.29, 0.717) is 17.6 Å². The predicted molar refractivity (Wildman–Crippen MR) is 77.9 cm³/mol. The maximum absolute atomic E-state index is 6.05. The van der Waals surface area contributed by atoms with Crippen molar-refractivity contribution in [3.05, 3.63) is 18.2 Å². The third kappa shape index (κ3) is 2.56. The molecule has 1 aromatic carbocycles. The van der Waals surface area contributed by atoms with Crippen molar-refractivity contribution in [2.24, 2.45) is 0 Å². The van der Waals surface area contributed by atoms with Crippen molar-refractivity contribution in [3.8, 4) is 17.1 Å². The van der Waals surface area contributed by atoms with E-state index in [0.717, 1.165) is 30.8 Å². The molecule has 1 aliphatic rings. The topological polar surface area (TPSA) is 88.1 Å². The molecule has 0 saturated heterocycles. The molecule has 0 aliphatic heterocycles. The maximum atomic E-state index is 6.05. The van der Waals surface area contributed by atoms with Gasteiger partial charge in [0.15, 0.2) is 5.82 Å². The Kier molecular flexibility index (Phi) is 3.74. The van der Waals surface area contributed by atoms with Gasteiger partial charge in [0.05, 0.1) is 19.3 Å². The monoisotopic (exact) mass is 289 g/mol. The molecule has 2 aromatic rings. The summed E-state index contributed by atoms with van der Waals surface area (Å²) in [6, 6.07) is 5.74. The number of nitrogen functional groups attached to an aromatic ring is 1. The molecule has 0 amide bonds. The van der Waals surface area contributed by atoms with Gasteiger partial charge in [-0.2, -0.15) is 0 Å². The van der Waals surface area contributed by atoms with E-state index in [1.54, 1.807) is 13.2 Å². The van der Waals surface area contributed by atoms with Crippen molar-refractivity contribution in [3.63, 3.8) is 0 Å². The number of rotatable bonds is 5. The summed E-state index contributed by atoms with van der Waals surface area (Å²) in [6.07, 6.45) is 2.16. The molecule has 1 fully saturated rings. The van der Waals surface area contributed by atoms with Crippen LogP contribution in [-0.4, -0.2) is 40.0 Å². The fourth-order valence-electron chi connectivity index (χ4n) is 2.58. The standard InChI is InChI=1S/C14H19N5O2/c1-3-21-11-6-9(7-11)19-14(16-17-18-19)12-8-10(20-2)4-5-13(12)15/h4-5,8-9,11H,3,6-7,15H2,1-2H3. The third-order valence-electron chi connectivity index (χ3n) is 3.81. The van der Waals surface area contributed by atoms with E-state index in [1.165, 1.54) is 0 Å². The Morgan fingerprint density at radius 2 is 2.19 bits per heavy atom. The number of nitrogens with two attached hydrogens (primary N) is 1. The molecule has 1 aromatic heterocycles. The summed E-state index contributed by atoms with van der Waals surface area (Å²) in [6.45, 7) is 2.75. The van der Waals surface area contributed by atoms with E-state index >= 15 is 0 Å². The zero-order valence-electron chi connectivity index (χ0n) is 12.2. The van der Waals surface area contributed by atoms with Crippen LogP contribution in [0.2, 0.25) is 0 Å². The minimum atomic E-state index is 0.261. The third-order valence-corrected chi connectivity index (χ3v) is 3.81. The predicted octanol–water partition coefficient (Wildman–Crippen LogP) is 1.67. The van der Waals surface area contributed by atoms with Gasteiger partial charge in [0, 0.05) is 17.9 Å². The van der Waals surface area contributed by atoms with Crippen LogP contribution in [0.3, 0.4) is 0 Å². The Morgan fingerprint density at radius 1 is 1.38 bits per heavy atom. The van der Waals surface area contributed by atoms with Gasteiger partial charge in [0.2, 0.25) is 0 Å². The fraction of sp³-hybridized carbons (Fsp3) is 0.500. The van der Waals surface area contributed by atoms with Crippen LogP contribution >= 0.6 is 0 Å². The zero-order valence-corrected chi connectivity index (χ0v) is 12.2. The van der Waals surface area contributed by atoms with Crippen molar-refractivity contribution in [1.82, 2.24) is 20.2 Å². The Bertz CT molecular complexity index is 622. The average Bonchev–Trinajstić information content (AvgIpc) is 2.91. The van der Waals surface area contributed by atoms with Crippen LogP contribution in [-0.2, 0) is 4.74 Å². The first-order chi connectivity index (χ1) is 10.2. The van der Waals surface area contributed by atoms with E-state index in [-0.39, 0.29) is 6.04 Å². The second-order valence-corrected chi connectivity index (χ2v) is 5.10. The van der Waals surface area contributed by atoms with Gasteiger partial charge in [-0.05, 0) is 48.4 Å². The highest BCUT2D eigenvalue weighted by Gasteiger charge is 2.34. The Balaban J connectivity index is 1.86. The highest BCUT2D eigenvalue weighted by Crippen LogP contribution is 2.37. The van der Waals surface area contributed by atoms with Gasteiger partial charge in [-0.3, -0.25) is 0 Å². The molecular weight excluding hydrogens is 270 g/mol. The van der Waals surface area contributed by atoms with Gasteiger partial charge in [-0.1, -0.05) is 0 Å². The van der Waals surface area contributed by atoms with Gasteiger partial charge in [-0.25, -0.2) is 4.68 Å². The number of hydrogen-bond acceptors (Lipinski definition) is 6. The number of ether oxygens (including phenoxy) is 2. The smallest absolute Gasteiger partial charge is 0.184 e. The lowest BCUT2D eigenvalue weighted by atomic mass is 9.89. The van der Waals surface area contributed by atoms with Crippen LogP contribution in [0.15, 0.2) is 18.2 Å². The number of nitrogens with zero attached hydrogens (tertiary/aromatic N) is 4. The molecule has 0 radical (unpaired) electrons. The van der Waals surface area contributed by atoms with Gasteiger partial charge < -0.3 is 15.2 Å². The van der Waals surface area contributed by atoms with Gasteiger partial charge in [0.25, 0.3) is 0 Å². The molecule has 1 aliphatic carbocycles. The normalized spacial score (nSPS) is 21.0. The first-order valence-corrected chi connectivity index (χ1v) is 7.06. The molecule has 0 bridgehead atoms. The van der Waals surface area contributed by atoms with Crippen molar-refractivity contribution in [2.45, 2.75) is 31.9 Å². The number of tetrazole rings is 1. The number of methoxy groups -OCH3 is 1.